The van der Waals surface area contributed by atoms with Crippen LogP contribution in [0.1, 0.15) is 20.3 Å². The van der Waals surface area contributed by atoms with Crippen molar-refractivity contribution in [2.24, 2.45) is 5.41 Å². The second kappa shape index (κ2) is 8.73. The van der Waals surface area contributed by atoms with Gasteiger partial charge in [0.05, 0.1) is 6.61 Å². The Morgan fingerprint density at radius 1 is 1.40 bits per heavy atom. The van der Waals surface area contributed by atoms with Crippen molar-refractivity contribution in [3.63, 3.8) is 0 Å². The van der Waals surface area contributed by atoms with Crippen LogP contribution in [0.3, 0.4) is 0 Å². The SMILES string of the molecule is CC(C)(CO)C(O)C(=O)NCCCO.[CaH2]. The van der Waals surface area contributed by atoms with E-state index in [0.29, 0.717) is 13.0 Å². The maximum absolute atomic E-state index is 11.3. The van der Waals surface area contributed by atoms with Crippen LogP contribution in [0.4, 0.5) is 0 Å². The van der Waals surface area contributed by atoms with Crippen molar-refractivity contribution < 1.29 is 20.1 Å². The molecule has 0 spiro atoms. The number of aliphatic hydroxyl groups is 3. The topological polar surface area (TPSA) is 89.8 Å². The molecule has 15 heavy (non-hydrogen) atoms. The molecule has 0 fully saturated rings. The predicted molar refractivity (Wildman–Crippen MR) is 60.1 cm³/mol. The molecule has 6 heteroatoms. The van der Waals surface area contributed by atoms with Crippen molar-refractivity contribution in [2.45, 2.75) is 26.4 Å². The van der Waals surface area contributed by atoms with Gasteiger partial charge in [-0.1, -0.05) is 13.8 Å². The van der Waals surface area contributed by atoms with Crippen LogP contribution in [-0.2, 0) is 4.79 Å². The van der Waals surface area contributed by atoms with Gasteiger partial charge in [0, 0.05) is 18.6 Å². The van der Waals surface area contributed by atoms with Crippen LogP contribution >= 0.6 is 0 Å². The van der Waals surface area contributed by atoms with Crippen molar-refractivity contribution in [2.75, 3.05) is 19.8 Å². The van der Waals surface area contributed by atoms with Crippen LogP contribution in [0.2, 0.25) is 0 Å². The van der Waals surface area contributed by atoms with Gasteiger partial charge in [-0.05, 0) is 6.42 Å². The minimum absolute atomic E-state index is 0. The molecule has 0 aromatic carbocycles. The van der Waals surface area contributed by atoms with E-state index in [9.17, 15) is 9.90 Å². The molecule has 0 aliphatic rings. The number of aliphatic hydroxyl groups excluding tert-OH is 3. The van der Waals surface area contributed by atoms with Gasteiger partial charge in [-0.15, -0.1) is 0 Å². The fourth-order valence-corrected chi connectivity index (χ4v) is 0.829. The van der Waals surface area contributed by atoms with Gasteiger partial charge >= 0.3 is 37.7 Å². The molecule has 0 heterocycles. The van der Waals surface area contributed by atoms with Crippen molar-refractivity contribution in [3.05, 3.63) is 0 Å². The molecule has 0 aliphatic carbocycles. The van der Waals surface area contributed by atoms with Gasteiger partial charge in [0.1, 0.15) is 6.10 Å². The fourth-order valence-electron chi connectivity index (χ4n) is 0.829. The molecule has 0 aromatic heterocycles. The summed E-state index contributed by atoms with van der Waals surface area (Å²) in [6, 6.07) is 0. The van der Waals surface area contributed by atoms with E-state index in [0.717, 1.165) is 0 Å². The van der Waals surface area contributed by atoms with Gasteiger partial charge in [-0.2, -0.15) is 0 Å². The fraction of sp³-hybridized carbons (Fsp3) is 0.889. The Kier molecular flexibility index (Phi) is 10.5. The molecule has 0 saturated heterocycles. The third-order valence-electron chi connectivity index (χ3n) is 2.03. The summed E-state index contributed by atoms with van der Waals surface area (Å²) >= 11 is 0. The summed E-state index contributed by atoms with van der Waals surface area (Å²) in [5, 5.41) is 29.3. The van der Waals surface area contributed by atoms with Crippen molar-refractivity contribution in [3.8, 4) is 0 Å². The van der Waals surface area contributed by atoms with Gasteiger partial charge in [0.25, 0.3) is 0 Å². The molecule has 0 saturated carbocycles. The number of nitrogens with one attached hydrogen (secondary N) is 1. The minimum atomic E-state index is -1.23. The molecule has 0 bridgehead atoms. The van der Waals surface area contributed by atoms with Crippen LogP contribution in [0.5, 0.6) is 0 Å². The van der Waals surface area contributed by atoms with E-state index >= 15 is 0 Å². The first-order valence-corrected chi connectivity index (χ1v) is 4.63. The van der Waals surface area contributed by atoms with E-state index in [-0.39, 0.29) is 51.0 Å². The molecule has 1 unspecified atom stereocenters. The van der Waals surface area contributed by atoms with Crippen molar-refractivity contribution in [1.29, 1.82) is 0 Å². The Bertz CT molecular complexity index is 187. The Morgan fingerprint density at radius 2 is 1.93 bits per heavy atom. The number of rotatable bonds is 6. The zero-order valence-corrected chi connectivity index (χ0v) is 8.66. The Balaban J connectivity index is 0. The van der Waals surface area contributed by atoms with Gasteiger partial charge in [0.2, 0.25) is 5.91 Å². The molecule has 88 valence electrons. The summed E-state index contributed by atoms with van der Waals surface area (Å²) in [6.45, 7) is 3.27. The molecular formula is C9H21CaNO4. The van der Waals surface area contributed by atoms with E-state index in [4.69, 9.17) is 10.2 Å². The number of carbonyl (C=O) groups is 1. The van der Waals surface area contributed by atoms with Crippen LogP contribution in [0.15, 0.2) is 0 Å². The molecule has 0 rings (SSSR count). The first-order chi connectivity index (χ1) is 6.45. The summed E-state index contributed by atoms with van der Waals surface area (Å²) in [4.78, 5) is 11.3. The maximum atomic E-state index is 11.3. The first-order valence-electron chi connectivity index (χ1n) is 4.63. The molecule has 4 N–H and O–H groups in total. The zero-order valence-electron chi connectivity index (χ0n) is 8.66. The molecule has 0 aliphatic heterocycles. The van der Waals surface area contributed by atoms with Gasteiger partial charge < -0.3 is 20.6 Å². The van der Waals surface area contributed by atoms with Gasteiger partial charge in [0.15, 0.2) is 0 Å². The van der Waals surface area contributed by atoms with Gasteiger partial charge in [-0.3, -0.25) is 4.79 Å². The summed E-state index contributed by atoms with van der Waals surface area (Å²) in [5.74, 6) is -0.516. The van der Waals surface area contributed by atoms with Gasteiger partial charge in [-0.25, -0.2) is 0 Å². The molecule has 0 radical (unpaired) electrons. The Labute approximate surface area is 120 Å². The van der Waals surface area contributed by atoms with Crippen LogP contribution < -0.4 is 5.32 Å². The molecule has 5 nitrogen and oxygen atoms in total. The second-order valence-corrected chi connectivity index (χ2v) is 3.92. The molecule has 1 amide bonds. The number of hydrogen-bond donors (Lipinski definition) is 4. The molecule has 0 aromatic rings. The van der Waals surface area contributed by atoms with Crippen molar-refractivity contribution in [1.82, 2.24) is 5.32 Å². The molecule has 1 atom stereocenters. The summed E-state index contributed by atoms with van der Waals surface area (Å²) < 4.78 is 0. The third kappa shape index (κ3) is 6.71. The van der Waals surface area contributed by atoms with E-state index in [1.165, 1.54) is 0 Å². The summed E-state index contributed by atoms with van der Waals surface area (Å²) in [7, 11) is 0. The standard InChI is InChI=1S/C9H19NO4.Ca.2H/c1-9(2,6-12)7(13)8(14)10-4-3-5-11;;;/h7,11-13H,3-6H2,1-2H3,(H,10,14);;;. The average molecular weight is 247 g/mol. The number of carbonyl (C=O) groups excluding carboxylic acids is 1. The quantitative estimate of drug-likeness (QED) is 0.321. The van der Waals surface area contributed by atoms with Crippen LogP contribution in [0.25, 0.3) is 0 Å². The Hall–Kier alpha value is 0.610. The second-order valence-electron chi connectivity index (χ2n) is 3.92. The zero-order chi connectivity index (χ0) is 11.2. The van der Waals surface area contributed by atoms with E-state index < -0.39 is 17.4 Å². The first kappa shape index (κ1) is 18.0. The Morgan fingerprint density at radius 3 is 2.33 bits per heavy atom. The third-order valence-corrected chi connectivity index (χ3v) is 2.03. The summed E-state index contributed by atoms with van der Waals surface area (Å²) in [5.41, 5.74) is -0.844. The van der Waals surface area contributed by atoms with E-state index in [2.05, 4.69) is 5.32 Å². The molecular weight excluding hydrogens is 226 g/mol. The van der Waals surface area contributed by atoms with Crippen LogP contribution in [0, 0.1) is 5.41 Å². The predicted octanol–water partition coefficient (Wildman–Crippen LogP) is -2.05. The summed E-state index contributed by atoms with van der Waals surface area (Å²) in [6.07, 6.45) is -0.774. The van der Waals surface area contributed by atoms with Crippen LogP contribution in [-0.4, -0.2) is 84.8 Å². The number of hydrogen-bond acceptors (Lipinski definition) is 4. The average Bonchev–Trinajstić information content (AvgIpc) is 2.17. The normalized spacial score (nSPS) is 12.9. The van der Waals surface area contributed by atoms with E-state index in [1.54, 1.807) is 13.8 Å². The number of amides is 1. The monoisotopic (exact) mass is 247 g/mol. The van der Waals surface area contributed by atoms with Crippen molar-refractivity contribution >= 4 is 43.6 Å². The van der Waals surface area contributed by atoms with E-state index in [1.807, 2.05) is 0 Å².